The van der Waals surface area contributed by atoms with Gasteiger partial charge in [0, 0.05) is 32.5 Å². The van der Waals surface area contributed by atoms with Gasteiger partial charge in [-0.3, -0.25) is 38.8 Å². The molecule has 1 saturated heterocycles. The van der Waals surface area contributed by atoms with Crippen LogP contribution in [0.25, 0.3) is 10.8 Å². The Balaban J connectivity index is 1.89. The maximum absolute atomic E-state index is 14.2. The van der Waals surface area contributed by atoms with Gasteiger partial charge < -0.3 is 30.6 Å². The van der Waals surface area contributed by atoms with Crippen LogP contribution in [0.3, 0.4) is 0 Å². The SMILES string of the molecule is C=C/C=C(\C=C/C)CC(NC(=O)CN1CN(CC=O)CCN(CC=O)CN(CC(=O)O)C1)C(=O)N[C@@H](Cc1ccc2ccccc2c1)C(=O)NCCCC. The first-order valence-electron chi connectivity index (χ1n) is 18.4. The number of carbonyl (C=O) groups excluding carboxylic acids is 5. The van der Waals surface area contributed by atoms with Crippen LogP contribution >= 0.6 is 0 Å². The van der Waals surface area contributed by atoms with Crippen LogP contribution < -0.4 is 16.0 Å². The largest absolute Gasteiger partial charge is 0.480 e. The number of aliphatic carboxylic acids is 1. The molecule has 3 rings (SSSR count). The minimum Gasteiger partial charge on any atom is -0.480 e. The van der Waals surface area contributed by atoms with E-state index in [1.165, 1.54) is 0 Å². The van der Waals surface area contributed by atoms with E-state index in [-0.39, 0.29) is 64.9 Å². The van der Waals surface area contributed by atoms with E-state index < -0.39 is 29.9 Å². The van der Waals surface area contributed by atoms with Crippen LogP contribution in [0.1, 0.15) is 38.7 Å². The first-order valence-corrected chi connectivity index (χ1v) is 18.4. The van der Waals surface area contributed by atoms with Crippen molar-refractivity contribution in [3.05, 3.63) is 84.5 Å². The molecular formula is C40H55N7O7. The highest BCUT2D eigenvalue weighted by Gasteiger charge is 2.29. The molecule has 1 unspecified atom stereocenters. The predicted octanol–water partition coefficient (Wildman–Crippen LogP) is 1.92. The van der Waals surface area contributed by atoms with E-state index in [9.17, 15) is 33.9 Å². The topological polar surface area (TPSA) is 172 Å². The number of nitrogens with zero attached hydrogens (tertiary/aromatic N) is 4. The van der Waals surface area contributed by atoms with Crippen LogP contribution in [0.2, 0.25) is 0 Å². The second-order valence-corrected chi connectivity index (χ2v) is 13.4. The summed E-state index contributed by atoms with van der Waals surface area (Å²) < 4.78 is 0. The van der Waals surface area contributed by atoms with Crippen LogP contribution in [0.15, 0.2) is 78.9 Å². The van der Waals surface area contributed by atoms with Crippen LogP contribution in [0, 0.1) is 0 Å². The normalized spacial score (nSPS) is 16.4. The molecule has 0 radical (unpaired) electrons. The van der Waals surface area contributed by atoms with Crippen molar-refractivity contribution in [3.8, 4) is 0 Å². The molecule has 1 fully saturated rings. The molecule has 2 atom stereocenters. The summed E-state index contributed by atoms with van der Waals surface area (Å²) in [6.45, 7) is 8.80. The summed E-state index contributed by atoms with van der Waals surface area (Å²) in [5.41, 5.74) is 1.58. The summed E-state index contributed by atoms with van der Waals surface area (Å²) >= 11 is 0. The number of nitrogens with one attached hydrogen (secondary N) is 3. The van der Waals surface area contributed by atoms with Gasteiger partial charge in [-0.1, -0.05) is 86.7 Å². The summed E-state index contributed by atoms with van der Waals surface area (Å²) in [6, 6.07) is 11.8. The lowest BCUT2D eigenvalue weighted by Gasteiger charge is -2.32. The van der Waals surface area contributed by atoms with Gasteiger partial charge in [0.15, 0.2) is 0 Å². The summed E-state index contributed by atoms with van der Waals surface area (Å²) in [5.74, 6) is -2.48. The Bertz CT molecular complexity index is 1650. The minimum atomic E-state index is -1.09. The summed E-state index contributed by atoms with van der Waals surface area (Å²) in [7, 11) is 0. The summed E-state index contributed by atoms with van der Waals surface area (Å²) in [6.07, 6.45) is 10.4. The van der Waals surface area contributed by atoms with Gasteiger partial charge in [0.05, 0.1) is 46.2 Å². The number of hydrogen-bond acceptors (Lipinski definition) is 10. The Morgan fingerprint density at radius 2 is 1.50 bits per heavy atom. The van der Waals surface area contributed by atoms with Gasteiger partial charge in [0.2, 0.25) is 17.7 Å². The molecule has 0 bridgehead atoms. The average molecular weight is 746 g/mol. The van der Waals surface area contributed by atoms with Crippen molar-refractivity contribution in [2.75, 3.05) is 65.8 Å². The lowest BCUT2D eigenvalue weighted by molar-refractivity contribution is -0.139. The molecule has 0 aromatic heterocycles. The van der Waals surface area contributed by atoms with Crippen molar-refractivity contribution in [1.29, 1.82) is 0 Å². The zero-order valence-electron chi connectivity index (χ0n) is 31.5. The molecule has 0 aliphatic carbocycles. The molecule has 14 heteroatoms. The predicted molar refractivity (Wildman–Crippen MR) is 208 cm³/mol. The number of amides is 3. The molecule has 1 aliphatic rings. The molecule has 1 aliphatic heterocycles. The number of rotatable bonds is 21. The van der Waals surface area contributed by atoms with E-state index in [0.717, 1.165) is 41.7 Å². The number of benzene rings is 2. The summed E-state index contributed by atoms with van der Waals surface area (Å²) in [5, 5.41) is 20.4. The first kappa shape index (κ1) is 43.4. The molecule has 0 spiro atoms. The van der Waals surface area contributed by atoms with Crippen molar-refractivity contribution >= 4 is 47.0 Å². The molecule has 292 valence electrons. The van der Waals surface area contributed by atoms with E-state index in [4.69, 9.17) is 0 Å². The molecule has 2 aromatic carbocycles. The summed E-state index contributed by atoms with van der Waals surface area (Å²) in [4.78, 5) is 83.0. The van der Waals surface area contributed by atoms with E-state index in [0.29, 0.717) is 25.2 Å². The maximum atomic E-state index is 14.2. The van der Waals surface area contributed by atoms with Crippen molar-refractivity contribution in [2.24, 2.45) is 0 Å². The van der Waals surface area contributed by atoms with Gasteiger partial charge in [-0.2, -0.15) is 0 Å². The lowest BCUT2D eigenvalue weighted by Crippen LogP contribution is -2.56. The Morgan fingerprint density at radius 1 is 0.852 bits per heavy atom. The average Bonchev–Trinajstić information content (AvgIpc) is 3.20. The van der Waals surface area contributed by atoms with Crippen LogP contribution in [0.4, 0.5) is 0 Å². The Morgan fingerprint density at radius 3 is 2.11 bits per heavy atom. The number of allylic oxidation sites excluding steroid dienone is 4. The van der Waals surface area contributed by atoms with E-state index in [1.54, 1.807) is 31.8 Å². The molecule has 4 N–H and O–H groups in total. The monoisotopic (exact) mass is 745 g/mol. The zero-order chi connectivity index (χ0) is 39.3. The van der Waals surface area contributed by atoms with Gasteiger partial charge in [-0.25, -0.2) is 0 Å². The molecule has 1 heterocycles. The number of fused-ring (bicyclic) bond motifs is 1. The van der Waals surface area contributed by atoms with Gasteiger partial charge in [0.25, 0.3) is 0 Å². The molecule has 14 nitrogen and oxygen atoms in total. The zero-order valence-corrected chi connectivity index (χ0v) is 31.5. The number of carboxylic acids is 1. The Hall–Kier alpha value is -5.02. The Kier molecular flexibility index (Phi) is 19.0. The number of unbranched alkanes of at least 4 members (excludes halogenated alkanes) is 1. The fourth-order valence-corrected chi connectivity index (χ4v) is 6.30. The number of carboxylic acid groups (broad SMARTS) is 1. The molecule has 0 saturated carbocycles. The molecular weight excluding hydrogens is 690 g/mol. The van der Waals surface area contributed by atoms with Gasteiger partial charge in [-0.05, 0) is 35.3 Å². The number of hydrogen-bond donors (Lipinski definition) is 4. The van der Waals surface area contributed by atoms with Gasteiger partial charge in [-0.15, -0.1) is 0 Å². The second-order valence-electron chi connectivity index (χ2n) is 13.4. The highest BCUT2D eigenvalue weighted by Crippen LogP contribution is 2.17. The first-order chi connectivity index (χ1) is 26.1. The highest BCUT2D eigenvalue weighted by atomic mass is 16.4. The third-order valence-corrected chi connectivity index (χ3v) is 8.84. The third kappa shape index (κ3) is 15.1. The van der Waals surface area contributed by atoms with Crippen molar-refractivity contribution in [3.63, 3.8) is 0 Å². The Labute approximate surface area is 317 Å². The fraction of sp³-hybridized carbons (Fsp3) is 0.450. The third-order valence-electron chi connectivity index (χ3n) is 8.84. The maximum Gasteiger partial charge on any atom is 0.317 e. The number of aldehydes is 2. The van der Waals surface area contributed by atoms with Crippen LogP contribution in [0.5, 0.6) is 0 Å². The molecule has 54 heavy (non-hydrogen) atoms. The second kappa shape index (κ2) is 23.6. The lowest BCUT2D eigenvalue weighted by atomic mass is 9.99. The van der Waals surface area contributed by atoms with E-state index in [1.807, 2.05) is 68.5 Å². The van der Waals surface area contributed by atoms with E-state index in [2.05, 4.69) is 22.5 Å². The molecule has 2 aromatic rings. The standard InChI is InChI=1S/C40H55N7O7/c1-4-7-16-41-39(53)35(25-32-14-15-33-12-8-9-13-34(33)23-32)43-40(54)36(24-31(10-5-2)11-6-3)42-37(50)26-46-28-44(19-21-48)17-18-45(20-22-49)29-47(30-46)27-38(51)52/h5-6,8-15,21-23,35-36H,2,4,7,16-20,24-30H2,1,3H3,(H,41,53)(H,42,50)(H,43,54)(H,51,52)/b11-6-,31-10+/t35-,36?/m0/s1. The van der Waals surface area contributed by atoms with Gasteiger partial charge >= 0.3 is 5.97 Å². The van der Waals surface area contributed by atoms with E-state index >= 15 is 0 Å². The molecule has 3 amide bonds. The number of carbonyl (C=O) groups is 6. The van der Waals surface area contributed by atoms with Crippen LogP contribution in [-0.4, -0.2) is 139 Å². The van der Waals surface area contributed by atoms with Crippen molar-refractivity contribution in [1.82, 2.24) is 35.6 Å². The highest BCUT2D eigenvalue weighted by molar-refractivity contribution is 5.93. The fourth-order valence-electron chi connectivity index (χ4n) is 6.30. The van der Waals surface area contributed by atoms with Crippen LogP contribution in [-0.2, 0) is 35.2 Å². The van der Waals surface area contributed by atoms with Gasteiger partial charge in [0.1, 0.15) is 24.7 Å². The van der Waals surface area contributed by atoms with Crippen molar-refractivity contribution in [2.45, 2.75) is 51.6 Å². The quantitative estimate of drug-likeness (QED) is 0.0837. The van der Waals surface area contributed by atoms with Crippen molar-refractivity contribution < 1.29 is 33.9 Å². The minimum absolute atomic E-state index is 0.0350. The smallest absolute Gasteiger partial charge is 0.317 e.